The molecule has 0 saturated heterocycles. The Hall–Kier alpha value is -0.610. The first kappa shape index (κ1) is 18.4. The van der Waals surface area contributed by atoms with Gasteiger partial charge in [0, 0.05) is 12.0 Å². The lowest BCUT2D eigenvalue weighted by Crippen LogP contribution is -2.44. The van der Waals surface area contributed by atoms with Crippen molar-refractivity contribution in [2.45, 2.75) is 72.5 Å². The summed E-state index contributed by atoms with van der Waals surface area (Å²) in [4.78, 5) is 11.9. The van der Waals surface area contributed by atoms with Crippen molar-refractivity contribution in [2.75, 3.05) is 13.2 Å². The number of amides is 1. The molecular formula is C17H33NO3. The minimum atomic E-state index is -0.433. The molecule has 1 amide bonds. The largest absolute Gasteiger partial charge is 0.392 e. The van der Waals surface area contributed by atoms with Gasteiger partial charge in [-0.25, -0.2) is 0 Å². The van der Waals surface area contributed by atoms with Gasteiger partial charge in [0.1, 0.15) is 6.61 Å². The Kier molecular flexibility index (Phi) is 7.14. The molecule has 0 aromatic rings. The third-order valence-electron chi connectivity index (χ3n) is 4.63. The summed E-state index contributed by atoms with van der Waals surface area (Å²) in [6.45, 7) is 10.7. The number of carbonyl (C=O) groups is 1. The zero-order chi connectivity index (χ0) is 16.0. The molecule has 3 unspecified atom stereocenters. The number of aliphatic hydroxyl groups excluding tert-OH is 1. The molecule has 3 atom stereocenters. The third-order valence-corrected chi connectivity index (χ3v) is 4.63. The van der Waals surface area contributed by atoms with Crippen LogP contribution in [0, 0.1) is 17.3 Å². The SMILES string of the molecule is CC(C)C(O)C(C)(C)CNC(=O)COC1CCCCC1C. The summed E-state index contributed by atoms with van der Waals surface area (Å²) >= 11 is 0. The van der Waals surface area contributed by atoms with Crippen molar-refractivity contribution < 1.29 is 14.6 Å². The fraction of sp³-hybridized carbons (Fsp3) is 0.941. The summed E-state index contributed by atoms with van der Waals surface area (Å²) in [5.74, 6) is 0.638. The Morgan fingerprint density at radius 2 is 1.95 bits per heavy atom. The maximum atomic E-state index is 11.9. The van der Waals surface area contributed by atoms with Crippen molar-refractivity contribution in [3.05, 3.63) is 0 Å². The summed E-state index contributed by atoms with van der Waals surface area (Å²) in [7, 11) is 0. The molecule has 0 spiro atoms. The highest BCUT2D eigenvalue weighted by atomic mass is 16.5. The van der Waals surface area contributed by atoms with Crippen LogP contribution in [-0.4, -0.2) is 36.4 Å². The number of ether oxygens (including phenoxy) is 1. The molecule has 1 aliphatic rings. The second-order valence-corrected chi connectivity index (χ2v) is 7.57. The molecule has 0 bridgehead atoms. The summed E-state index contributed by atoms with van der Waals surface area (Å²) < 4.78 is 5.76. The lowest BCUT2D eigenvalue weighted by Gasteiger charge is -2.33. The average molecular weight is 299 g/mol. The van der Waals surface area contributed by atoms with Crippen molar-refractivity contribution in [3.8, 4) is 0 Å². The van der Waals surface area contributed by atoms with Crippen molar-refractivity contribution in [2.24, 2.45) is 17.3 Å². The highest BCUT2D eigenvalue weighted by molar-refractivity contribution is 5.77. The van der Waals surface area contributed by atoms with E-state index in [0.29, 0.717) is 12.5 Å². The van der Waals surface area contributed by atoms with Gasteiger partial charge in [0.25, 0.3) is 0 Å². The van der Waals surface area contributed by atoms with E-state index in [1.165, 1.54) is 19.3 Å². The quantitative estimate of drug-likeness (QED) is 0.760. The van der Waals surface area contributed by atoms with Crippen LogP contribution in [0.3, 0.4) is 0 Å². The molecule has 1 aliphatic carbocycles. The van der Waals surface area contributed by atoms with Gasteiger partial charge in [-0.3, -0.25) is 4.79 Å². The maximum absolute atomic E-state index is 11.9. The van der Waals surface area contributed by atoms with Gasteiger partial charge < -0.3 is 15.2 Å². The smallest absolute Gasteiger partial charge is 0.246 e. The Labute approximate surface area is 129 Å². The number of hydrogen-bond acceptors (Lipinski definition) is 3. The molecule has 0 aromatic heterocycles. The third kappa shape index (κ3) is 5.95. The van der Waals surface area contributed by atoms with E-state index in [1.54, 1.807) is 0 Å². The summed E-state index contributed by atoms with van der Waals surface area (Å²) in [5, 5.41) is 13.0. The molecule has 4 nitrogen and oxygen atoms in total. The molecule has 124 valence electrons. The Morgan fingerprint density at radius 1 is 1.33 bits per heavy atom. The summed E-state index contributed by atoms with van der Waals surface area (Å²) in [6, 6.07) is 0. The molecule has 1 fully saturated rings. The standard InChI is InChI=1S/C17H33NO3/c1-12(2)16(20)17(4,5)11-18-15(19)10-21-14-9-7-6-8-13(14)3/h12-14,16,20H,6-11H2,1-5H3,(H,18,19). The molecule has 4 heteroatoms. The van der Waals surface area contributed by atoms with Gasteiger partial charge in [0.15, 0.2) is 0 Å². The van der Waals surface area contributed by atoms with E-state index >= 15 is 0 Å². The average Bonchev–Trinajstić information content (AvgIpc) is 2.43. The van der Waals surface area contributed by atoms with Crippen LogP contribution in [0.2, 0.25) is 0 Å². The van der Waals surface area contributed by atoms with Crippen molar-refractivity contribution >= 4 is 5.91 Å². The van der Waals surface area contributed by atoms with Crippen LogP contribution in [0.1, 0.15) is 60.3 Å². The topological polar surface area (TPSA) is 58.6 Å². The number of hydrogen-bond donors (Lipinski definition) is 2. The first-order valence-corrected chi connectivity index (χ1v) is 8.30. The van der Waals surface area contributed by atoms with Crippen LogP contribution in [0.15, 0.2) is 0 Å². The van der Waals surface area contributed by atoms with E-state index in [9.17, 15) is 9.90 Å². The molecule has 0 aliphatic heterocycles. The molecule has 1 saturated carbocycles. The second kappa shape index (κ2) is 8.14. The van der Waals surface area contributed by atoms with Gasteiger partial charge in [-0.1, -0.05) is 47.5 Å². The van der Waals surface area contributed by atoms with E-state index in [1.807, 2.05) is 27.7 Å². The fourth-order valence-electron chi connectivity index (χ4n) is 3.10. The molecule has 0 heterocycles. The Morgan fingerprint density at radius 3 is 2.52 bits per heavy atom. The van der Waals surface area contributed by atoms with Gasteiger partial charge in [-0.05, 0) is 24.7 Å². The highest BCUT2D eigenvalue weighted by Crippen LogP contribution is 2.26. The first-order chi connectivity index (χ1) is 9.74. The van der Waals surface area contributed by atoms with E-state index in [2.05, 4.69) is 12.2 Å². The van der Waals surface area contributed by atoms with Gasteiger partial charge >= 0.3 is 0 Å². The van der Waals surface area contributed by atoms with Crippen molar-refractivity contribution in [1.82, 2.24) is 5.32 Å². The lowest BCUT2D eigenvalue weighted by molar-refractivity contribution is -0.130. The molecule has 2 N–H and O–H groups in total. The van der Waals surface area contributed by atoms with Crippen LogP contribution in [0.25, 0.3) is 0 Å². The van der Waals surface area contributed by atoms with Gasteiger partial charge in [0.05, 0.1) is 12.2 Å². The Bertz CT molecular complexity index is 328. The molecular weight excluding hydrogens is 266 g/mol. The normalized spacial score (nSPS) is 24.9. The monoisotopic (exact) mass is 299 g/mol. The molecule has 21 heavy (non-hydrogen) atoms. The van der Waals surface area contributed by atoms with E-state index < -0.39 is 6.10 Å². The highest BCUT2D eigenvalue weighted by Gasteiger charge is 2.30. The number of aliphatic hydroxyl groups is 1. The van der Waals surface area contributed by atoms with Gasteiger partial charge in [-0.15, -0.1) is 0 Å². The summed E-state index contributed by atoms with van der Waals surface area (Å²) in [6.07, 6.45) is 4.51. The second-order valence-electron chi connectivity index (χ2n) is 7.57. The molecule has 1 rings (SSSR count). The van der Waals surface area contributed by atoms with Crippen molar-refractivity contribution in [3.63, 3.8) is 0 Å². The fourth-order valence-corrected chi connectivity index (χ4v) is 3.10. The lowest BCUT2D eigenvalue weighted by atomic mass is 9.81. The van der Waals surface area contributed by atoms with Crippen molar-refractivity contribution in [1.29, 1.82) is 0 Å². The first-order valence-electron chi connectivity index (χ1n) is 8.30. The number of carbonyl (C=O) groups excluding carboxylic acids is 1. The Balaban J connectivity index is 2.30. The predicted molar refractivity (Wildman–Crippen MR) is 85.0 cm³/mol. The zero-order valence-corrected chi connectivity index (χ0v) is 14.3. The zero-order valence-electron chi connectivity index (χ0n) is 14.3. The summed E-state index contributed by atoms with van der Waals surface area (Å²) in [5.41, 5.74) is -0.331. The predicted octanol–water partition coefficient (Wildman–Crippen LogP) is 2.74. The van der Waals surface area contributed by atoms with E-state index in [4.69, 9.17) is 4.74 Å². The van der Waals surface area contributed by atoms with Crippen LogP contribution in [-0.2, 0) is 9.53 Å². The molecule has 0 radical (unpaired) electrons. The van der Waals surface area contributed by atoms with Gasteiger partial charge in [-0.2, -0.15) is 0 Å². The minimum Gasteiger partial charge on any atom is -0.392 e. The van der Waals surface area contributed by atoms with Crippen LogP contribution in [0.4, 0.5) is 0 Å². The van der Waals surface area contributed by atoms with E-state index in [-0.39, 0.29) is 30.0 Å². The number of rotatable bonds is 7. The van der Waals surface area contributed by atoms with Crippen LogP contribution < -0.4 is 5.32 Å². The van der Waals surface area contributed by atoms with Crippen LogP contribution >= 0.6 is 0 Å². The minimum absolute atomic E-state index is 0.0863. The van der Waals surface area contributed by atoms with E-state index in [0.717, 1.165) is 6.42 Å². The van der Waals surface area contributed by atoms with Crippen LogP contribution in [0.5, 0.6) is 0 Å². The van der Waals surface area contributed by atoms with Gasteiger partial charge in [0.2, 0.25) is 5.91 Å². The molecule has 0 aromatic carbocycles. The maximum Gasteiger partial charge on any atom is 0.246 e. The number of nitrogens with one attached hydrogen (secondary N) is 1.